The summed E-state index contributed by atoms with van der Waals surface area (Å²) in [5.41, 5.74) is 25.0. The summed E-state index contributed by atoms with van der Waals surface area (Å²) in [6.07, 6.45) is 0. The molecule has 1 spiro atoms. The minimum Gasteiger partial charge on any atom is -0.311 e. The molecule has 1 nitrogen and oxygen atoms in total. The maximum absolute atomic E-state index is 2.40. The van der Waals surface area contributed by atoms with Crippen LogP contribution >= 0.6 is 0 Å². The van der Waals surface area contributed by atoms with E-state index in [2.05, 4.69) is 278 Å². The molecular formula is C67H45N. The summed E-state index contributed by atoms with van der Waals surface area (Å²) < 4.78 is 0. The van der Waals surface area contributed by atoms with E-state index in [1.165, 1.54) is 100 Å². The van der Waals surface area contributed by atoms with Gasteiger partial charge in [0.1, 0.15) is 0 Å². The van der Waals surface area contributed by atoms with Gasteiger partial charge in [0.15, 0.2) is 0 Å². The third-order valence-corrected chi connectivity index (χ3v) is 14.3. The molecule has 0 atom stereocenters. The molecule has 11 aromatic carbocycles. The minimum atomic E-state index is -0.661. The van der Waals surface area contributed by atoms with Crippen LogP contribution in [-0.4, -0.2) is 0 Å². The quantitative estimate of drug-likeness (QED) is 0.161. The summed E-state index contributed by atoms with van der Waals surface area (Å²) in [4.78, 5) is 2.37. The van der Waals surface area contributed by atoms with Crippen molar-refractivity contribution in [2.24, 2.45) is 0 Å². The van der Waals surface area contributed by atoms with E-state index in [4.69, 9.17) is 0 Å². The van der Waals surface area contributed by atoms with Gasteiger partial charge in [-0.25, -0.2) is 0 Å². The van der Waals surface area contributed by atoms with Gasteiger partial charge in [-0.15, -0.1) is 0 Å². The smallest absolute Gasteiger partial charge is 0.0731 e. The molecule has 0 aliphatic heterocycles. The lowest BCUT2D eigenvalue weighted by Gasteiger charge is -2.38. The van der Waals surface area contributed by atoms with Gasteiger partial charge in [0.25, 0.3) is 0 Å². The van der Waals surface area contributed by atoms with E-state index < -0.39 is 5.41 Å². The van der Waals surface area contributed by atoms with Crippen molar-refractivity contribution in [3.8, 4) is 77.9 Å². The average molecular weight is 864 g/mol. The fourth-order valence-corrected chi connectivity index (χ4v) is 11.4. The molecule has 2 aliphatic carbocycles. The lowest BCUT2D eigenvalue weighted by Crippen LogP contribution is -2.30. The summed E-state index contributed by atoms with van der Waals surface area (Å²) in [5.74, 6) is 0. The Kier molecular flexibility index (Phi) is 9.47. The van der Waals surface area contributed by atoms with Crippen LogP contribution in [0.1, 0.15) is 22.3 Å². The largest absolute Gasteiger partial charge is 0.311 e. The second-order valence-corrected chi connectivity index (χ2v) is 17.9. The van der Waals surface area contributed by atoms with Crippen molar-refractivity contribution in [1.82, 2.24) is 0 Å². The number of nitrogens with zero attached hydrogens (tertiary/aromatic N) is 1. The van der Waals surface area contributed by atoms with E-state index in [9.17, 15) is 0 Å². The first kappa shape index (κ1) is 39.6. The van der Waals surface area contributed by atoms with Gasteiger partial charge in [-0.1, -0.05) is 237 Å². The summed E-state index contributed by atoms with van der Waals surface area (Å²) in [7, 11) is 0. The third kappa shape index (κ3) is 6.24. The van der Waals surface area contributed by atoms with E-state index in [0.717, 1.165) is 17.1 Å². The molecule has 1 heteroatoms. The first-order chi connectivity index (χ1) is 33.8. The zero-order valence-corrected chi connectivity index (χ0v) is 37.4. The molecule has 0 unspecified atom stereocenters. The van der Waals surface area contributed by atoms with Gasteiger partial charge in [-0.3, -0.25) is 0 Å². The highest BCUT2D eigenvalue weighted by atomic mass is 15.1. The predicted octanol–water partition coefficient (Wildman–Crippen LogP) is 17.8. The van der Waals surface area contributed by atoms with Crippen molar-refractivity contribution >= 4 is 17.1 Å². The van der Waals surface area contributed by atoms with Crippen LogP contribution < -0.4 is 4.90 Å². The van der Waals surface area contributed by atoms with Crippen molar-refractivity contribution < 1.29 is 0 Å². The summed E-state index contributed by atoms with van der Waals surface area (Å²) in [6.45, 7) is 0. The standard InChI is InChI=1S/C67H45N/c1-3-18-46(19-4-1)48-34-40-51(41-35-48)68(52-42-36-49(37-43-52)47-20-5-2-6-21-47)53-44-38-50(39-45-53)54-29-17-30-62-61-28-13-16-33-65(61)67(66(54)62)63-31-14-11-26-59(63)57-24-9-7-22-55(57)56-23-8-10-25-58(56)60-27-12-15-32-64(60)67/h1-45H. The molecule has 0 radical (unpaired) electrons. The third-order valence-electron chi connectivity index (χ3n) is 14.3. The highest BCUT2D eigenvalue weighted by molar-refractivity contribution is 6.01. The molecule has 0 saturated carbocycles. The summed E-state index contributed by atoms with van der Waals surface area (Å²) in [5, 5.41) is 0. The monoisotopic (exact) mass is 863 g/mol. The first-order valence-electron chi connectivity index (χ1n) is 23.6. The first-order valence-corrected chi connectivity index (χ1v) is 23.6. The molecule has 68 heavy (non-hydrogen) atoms. The van der Waals surface area contributed by atoms with Crippen molar-refractivity contribution in [2.75, 3.05) is 4.90 Å². The minimum absolute atomic E-state index is 0.661. The Bertz CT molecular complexity index is 3470. The Balaban J connectivity index is 1.02. The molecule has 2 aliphatic rings. The Morgan fingerprint density at radius 3 is 0.882 bits per heavy atom. The summed E-state index contributed by atoms with van der Waals surface area (Å²) >= 11 is 0. The van der Waals surface area contributed by atoms with Crippen molar-refractivity contribution in [2.45, 2.75) is 5.41 Å². The van der Waals surface area contributed by atoms with Crippen LogP contribution in [0.2, 0.25) is 0 Å². The van der Waals surface area contributed by atoms with Gasteiger partial charge >= 0.3 is 0 Å². The van der Waals surface area contributed by atoms with Gasteiger partial charge in [-0.05, 0) is 137 Å². The van der Waals surface area contributed by atoms with Crippen LogP contribution in [-0.2, 0) is 5.41 Å². The van der Waals surface area contributed by atoms with Crippen LogP contribution in [0.15, 0.2) is 273 Å². The molecule has 0 bridgehead atoms. The van der Waals surface area contributed by atoms with E-state index >= 15 is 0 Å². The molecule has 11 aromatic rings. The van der Waals surface area contributed by atoms with Gasteiger partial charge in [-0.2, -0.15) is 0 Å². The van der Waals surface area contributed by atoms with Crippen LogP contribution in [0.3, 0.4) is 0 Å². The Labute approximate surface area is 398 Å². The number of hydrogen-bond donors (Lipinski definition) is 0. The fraction of sp³-hybridized carbons (Fsp3) is 0.0149. The zero-order chi connectivity index (χ0) is 45.0. The molecule has 318 valence electrons. The molecular weight excluding hydrogens is 819 g/mol. The second kappa shape index (κ2) is 16.3. The maximum atomic E-state index is 2.40. The number of benzene rings is 11. The normalized spacial score (nSPS) is 12.5. The fourth-order valence-electron chi connectivity index (χ4n) is 11.4. The highest BCUT2D eigenvalue weighted by Gasteiger charge is 2.50. The Morgan fingerprint density at radius 2 is 0.471 bits per heavy atom. The topological polar surface area (TPSA) is 3.24 Å². The molecule has 0 amide bonds. The average Bonchev–Trinajstić information content (AvgIpc) is 3.74. The molecule has 0 N–H and O–H groups in total. The number of anilines is 3. The van der Waals surface area contributed by atoms with Crippen molar-refractivity contribution in [3.63, 3.8) is 0 Å². The molecule has 0 fully saturated rings. The number of rotatable bonds is 6. The Morgan fingerprint density at radius 1 is 0.191 bits per heavy atom. The van der Waals surface area contributed by atoms with Crippen LogP contribution in [0.5, 0.6) is 0 Å². The lowest BCUT2D eigenvalue weighted by atomic mass is 9.63. The lowest BCUT2D eigenvalue weighted by molar-refractivity contribution is 0.775. The van der Waals surface area contributed by atoms with Gasteiger partial charge in [0.05, 0.1) is 5.41 Å². The van der Waals surface area contributed by atoms with Crippen molar-refractivity contribution in [3.05, 3.63) is 295 Å². The molecule has 0 saturated heterocycles. The van der Waals surface area contributed by atoms with Crippen molar-refractivity contribution in [1.29, 1.82) is 0 Å². The summed E-state index contributed by atoms with van der Waals surface area (Å²) in [6, 6.07) is 101. The second-order valence-electron chi connectivity index (χ2n) is 17.9. The predicted molar refractivity (Wildman–Crippen MR) is 285 cm³/mol. The highest BCUT2D eigenvalue weighted by Crippen LogP contribution is 2.62. The van der Waals surface area contributed by atoms with Gasteiger partial charge < -0.3 is 4.90 Å². The van der Waals surface area contributed by atoms with Gasteiger partial charge in [0.2, 0.25) is 0 Å². The number of hydrogen-bond acceptors (Lipinski definition) is 1. The van der Waals surface area contributed by atoms with E-state index in [0.29, 0.717) is 0 Å². The van der Waals surface area contributed by atoms with Crippen LogP contribution in [0.4, 0.5) is 17.1 Å². The van der Waals surface area contributed by atoms with E-state index in [1.807, 2.05) is 0 Å². The zero-order valence-electron chi connectivity index (χ0n) is 37.4. The van der Waals surface area contributed by atoms with E-state index in [-0.39, 0.29) is 0 Å². The van der Waals surface area contributed by atoms with Crippen LogP contribution in [0.25, 0.3) is 77.9 Å². The number of fused-ring (bicyclic) bond motifs is 14. The molecule has 0 aromatic heterocycles. The SMILES string of the molecule is c1ccc(-c2ccc(N(c3ccc(-c4ccccc4)cc3)c3ccc(-c4cccc5c4C4(c6ccccc6-c6ccccc6-c6ccccc6-c6ccccc64)c4ccccc4-5)cc3)cc2)cc1. The van der Waals surface area contributed by atoms with E-state index in [1.54, 1.807) is 0 Å². The van der Waals surface area contributed by atoms with Crippen LogP contribution in [0, 0.1) is 0 Å². The molecule has 13 rings (SSSR count). The van der Waals surface area contributed by atoms with Gasteiger partial charge in [0, 0.05) is 17.1 Å². The molecule has 0 heterocycles. The Hall–Kier alpha value is -8.78. The maximum Gasteiger partial charge on any atom is 0.0731 e.